The highest BCUT2D eigenvalue weighted by Crippen LogP contribution is 2.47. The summed E-state index contributed by atoms with van der Waals surface area (Å²) in [6, 6.07) is 0. The molecule has 1 aliphatic carbocycles. The monoisotopic (exact) mass is 572 g/mol. The van der Waals surface area contributed by atoms with Crippen LogP contribution in [0.4, 0.5) is 0 Å². The smallest absolute Gasteiger partial charge is 0.316 e. The van der Waals surface area contributed by atoms with Gasteiger partial charge in [-0.15, -0.1) is 0 Å². The standard InChI is InChI=1S/C32H44O9/c1-5-26-24(29(34)35)11-12-31(41-26)16-23-15-22(40-31)10-9-19(3)13-18(2)7-6-8-21-17-38-28-27(33)20(4)14-25(30(36)39-23)32(21,28)37/h6-9,14,18,22-28,33,37H,5,10-13,15-17H2,1-4H3,(H,34,35). The third-order valence-corrected chi connectivity index (χ3v) is 9.49. The number of rotatable bonds is 2. The molecule has 9 heteroatoms. The zero-order valence-electron chi connectivity index (χ0n) is 24.5. The van der Waals surface area contributed by atoms with E-state index in [4.69, 9.17) is 18.9 Å². The normalized spacial score (nSPS) is 43.5. The summed E-state index contributed by atoms with van der Waals surface area (Å²) < 4.78 is 25.0. The third kappa shape index (κ3) is 5.84. The molecule has 3 fully saturated rings. The molecule has 0 aromatic carbocycles. The van der Waals surface area contributed by atoms with E-state index in [-0.39, 0.29) is 25.0 Å². The number of ether oxygens (including phenoxy) is 4. The molecule has 0 saturated carbocycles. The highest BCUT2D eigenvalue weighted by Gasteiger charge is 2.60. The van der Waals surface area contributed by atoms with E-state index in [1.54, 1.807) is 19.1 Å². The van der Waals surface area contributed by atoms with Crippen molar-refractivity contribution in [1.29, 1.82) is 0 Å². The van der Waals surface area contributed by atoms with E-state index in [9.17, 15) is 24.9 Å². The number of carbonyl (C=O) groups is 2. The van der Waals surface area contributed by atoms with Crippen LogP contribution in [0.3, 0.4) is 0 Å². The summed E-state index contributed by atoms with van der Waals surface area (Å²) in [5.74, 6) is -3.97. The molecule has 3 saturated heterocycles. The highest BCUT2D eigenvalue weighted by molar-refractivity contribution is 5.78. The van der Waals surface area contributed by atoms with Crippen molar-refractivity contribution in [3.63, 3.8) is 0 Å². The summed E-state index contributed by atoms with van der Waals surface area (Å²) in [5, 5.41) is 32.6. The molecule has 41 heavy (non-hydrogen) atoms. The maximum atomic E-state index is 13.9. The maximum Gasteiger partial charge on any atom is 0.316 e. The van der Waals surface area contributed by atoms with Crippen molar-refractivity contribution < 1.29 is 43.9 Å². The molecule has 1 spiro atoms. The second kappa shape index (κ2) is 11.8. The number of hydrogen-bond acceptors (Lipinski definition) is 8. The number of allylic oxidation sites excluding steroid dienone is 4. The van der Waals surface area contributed by atoms with Crippen LogP contribution in [0.1, 0.15) is 72.6 Å². The van der Waals surface area contributed by atoms with E-state index in [1.807, 2.05) is 13.0 Å². The average molecular weight is 573 g/mol. The predicted octanol–water partition coefficient (Wildman–Crippen LogP) is 3.99. The van der Waals surface area contributed by atoms with Crippen LogP contribution < -0.4 is 0 Å². The largest absolute Gasteiger partial charge is 0.481 e. The van der Waals surface area contributed by atoms with E-state index in [0.29, 0.717) is 43.3 Å². The molecule has 4 aliphatic heterocycles. The number of carboxylic acid groups (broad SMARTS) is 1. The molecule has 4 heterocycles. The lowest BCUT2D eigenvalue weighted by atomic mass is 9.71. The fraction of sp³-hybridized carbons (Fsp3) is 0.688. The number of aliphatic carboxylic acids is 1. The summed E-state index contributed by atoms with van der Waals surface area (Å²) >= 11 is 0. The van der Waals surface area contributed by atoms with E-state index in [2.05, 4.69) is 26.0 Å². The van der Waals surface area contributed by atoms with Gasteiger partial charge in [0.15, 0.2) is 5.79 Å². The Hall–Kier alpha value is -2.30. The Bertz CT molecular complexity index is 1150. The fourth-order valence-corrected chi connectivity index (χ4v) is 7.28. The van der Waals surface area contributed by atoms with Crippen LogP contribution in [0.25, 0.3) is 0 Å². The van der Waals surface area contributed by atoms with Gasteiger partial charge in [0.05, 0.1) is 24.7 Å². The van der Waals surface area contributed by atoms with Gasteiger partial charge in [-0.2, -0.15) is 0 Å². The number of aliphatic hydroxyl groups excluding tert-OH is 1. The van der Waals surface area contributed by atoms with Crippen molar-refractivity contribution in [2.75, 3.05) is 6.61 Å². The molecule has 10 unspecified atom stereocenters. The summed E-state index contributed by atoms with van der Waals surface area (Å²) in [7, 11) is 0. The van der Waals surface area contributed by atoms with Gasteiger partial charge in [0.1, 0.15) is 29.8 Å². The summed E-state index contributed by atoms with van der Waals surface area (Å²) in [6.07, 6.45) is 9.63. The van der Waals surface area contributed by atoms with E-state index < -0.39 is 59.6 Å². The van der Waals surface area contributed by atoms with E-state index >= 15 is 0 Å². The molecule has 0 aromatic heterocycles. The van der Waals surface area contributed by atoms with Gasteiger partial charge in [-0.3, -0.25) is 9.59 Å². The molecule has 0 aromatic rings. The van der Waals surface area contributed by atoms with Crippen molar-refractivity contribution in [2.24, 2.45) is 17.8 Å². The van der Waals surface area contributed by atoms with Crippen molar-refractivity contribution in [2.45, 2.75) is 115 Å². The summed E-state index contributed by atoms with van der Waals surface area (Å²) in [4.78, 5) is 25.7. The first-order chi connectivity index (χ1) is 19.5. The highest BCUT2D eigenvalue weighted by atomic mass is 16.7. The minimum absolute atomic E-state index is 0.0974. The van der Waals surface area contributed by atoms with Crippen molar-refractivity contribution in [3.05, 3.63) is 47.1 Å². The number of carboxylic acids is 1. The second-order valence-corrected chi connectivity index (χ2v) is 12.6. The van der Waals surface area contributed by atoms with Crippen LogP contribution in [0.2, 0.25) is 0 Å². The zero-order valence-corrected chi connectivity index (χ0v) is 24.5. The van der Waals surface area contributed by atoms with Gasteiger partial charge in [-0.05, 0) is 56.6 Å². The Morgan fingerprint density at radius 2 is 1.98 bits per heavy atom. The topological polar surface area (TPSA) is 132 Å². The molecule has 0 amide bonds. The molecule has 5 aliphatic rings. The first-order valence-corrected chi connectivity index (χ1v) is 15.0. The van der Waals surface area contributed by atoms with E-state index in [1.165, 1.54) is 5.57 Å². The Balaban J connectivity index is 1.50. The minimum atomic E-state index is -1.75. The molecule has 10 atom stereocenters. The second-order valence-electron chi connectivity index (χ2n) is 12.6. The van der Waals surface area contributed by atoms with E-state index in [0.717, 1.165) is 6.42 Å². The molecule has 2 bridgehead atoms. The Morgan fingerprint density at radius 1 is 1.20 bits per heavy atom. The molecule has 9 nitrogen and oxygen atoms in total. The van der Waals surface area contributed by atoms with Gasteiger partial charge >= 0.3 is 11.9 Å². The summed E-state index contributed by atoms with van der Waals surface area (Å²) in [6.45, 7) is 7.93. The first-order valence-electron chi connectivity index (χ1n) is 15.0. The Morgan fingerprint density at radius 3 is 2.71 bits per heavy atom. The molecular formula is C32H44O9. The number of esters is 1. The molecule has 3 N–H and O–H groups in total. The summed E-state index contributed by atoms with van der Waals surface area (Å²) in [5.41, 5.74) is 0.531. The number of carbonyl (C=O) groups excluding carboxylic acids is 1. The van der Waals surface area contributed by atoms with Crippen molar-refractivity contribution in [3.8, 4) is 0 Å². The third-order valence-electron chi connectivity index (χ3n) is 9.49. The molecule has 226 valence electrons. The van der Waals surface area contributed by atoms with Crippen LogP contribution in [-0.2, 0) is 28.5 Å². The average Bonchev–Trinajstić information content (AvgIpc) is 3.25. The lowest BCUT2D eigenvalue weighted by molar-refractivity contribution is -0.334. The lowest BCUT2D eigenvalue weighted by Crippen LogP contribution is -2.58. The minimum Gasteiger partial charge on any atom is -0.481 e. The van der Waals surface area contributed by atoms with Gasteiger partial charge < -0.3 is 34.3 Å². The van der Waals surface area contributed by atoms with Gasteiger partial charge in [0.25, 0.3) is 0 Å². The van der Waals surface area contributed by atoms with Crippen LogP contribution in [0.5, 0.6) is 0 Å². The Kier molecular flexibility index (Phi) is 8.66. The molecule has 5 rings (SSSR count). The number of aliphatic hydroxyl groups is 2. The SMILES string of the molecule is CCC1OC2(CCC1C(=O)O)CC1CC(CC=C(C)CC(C)C=CC=C3COC4C(O)C(C)=CC(C(=O)O1)C34O)O2. The van der Waals surface area contributed by atoms with Crippen LogP contribution in [0, 0.1) is 17.8 Å². The number of fused-ring (bicyclic) bond motifs is 2. The fourth-order valence-electron chi connectivity index (χ4n) is 7.28. The maximum absolute atomic E-state index is 13.9. The predicted molar refractivity (Wildman–Crippen MR) is 150 cm³/mol. The zero-order chi connectivity index (χ0) is 29.5. The quantitative estimate of drug-likeness (QED) is 0.332. The lowest BCUT2D eigenvalue weighted by Gasteiger charge is -2.49. The number of hydrogen-bond donors (Lipinski definition) is 3. The van der Waals surface area contributed by atoms with Gasteiger partial charge in [-0.25, -0.2) is 0 Å². The van der Waals surface area contributed by atoms with Crippen LogP contribution in [0.15, 0.2) is 47.1 Å². The molecule has 0 radical (unpaired) electrons. The Labute approximate surface area is 241 Å². The van der Waals surface area contributed by atoms with Crippen molar-refractivity contribution in [1.82, 2.24) is 0 Å². The first kappa shape index (κ1) is 30.2. The van der Waals surface area contributed by atoms with Gasteiger partial charge in [-0.1, -0.05) is 49.8 Å². The van der Waals surface area contributed by atoms with Crippen LogP contribution in [-0.4, -0.2) is 75.8 Å². The molecular weight excluding hydrogens is 528 g/mol. The van der Waals surface area contributed by atoms with Crippen molar-refractivity contribution >= 4 is 11.9 Å². The van der Waals surface area contributed by atoms with Gasteiger partial charge in [0.2, 0.25) is 0 Å². The van der Waals surface area contributed by atoms with Crippen LogP contribution >= 0.6 is 0 Å². The van der Waals surface area contributed by atoms with Gasteiger partial charge in [0, 0.05) is 19.3 Å².